The molecular weight excluding hydrogens is 176 g/mol. The van der Waals surface area contributed by atoms with E-state index in [4.69, 9.17) is 4.52 Å². The minimum Gasteiger partial charge on any atom is -0.361 e. The van der Waals surface area contributed by atoms with Crippen LogP contribution in [0.1, 0.15) is 43.7 Å². The summed E-state index contributed by atoms with van der Waals surface area (Å²) in [5, 5.41) is 7.39. The van der Waals surface area contributed by atoms with Gasteiger partial charge >= 0.3 is 0 Å². The molecule has 0 saturated carbocycles. The lowest BCUT2D eigenvalue weighted by Crippen LogP contribution is -2.25. The lowest BCUT2D eigenvalue weighted by Gasteiger charge is -2.11. The molecule has 0 radical (unpaired) electrons. The summed E-state index contributed by atoms with van der Waals surface area (Å²) in [6.45, 7) is 9.22. The summed E-state index contributed by atoms with van der Waals surface area (Å²) in [7, 11) is 0. The number of hydrogen-bond acceptors (Lipinski definition) is 3. The normalized spacial score (nSPS) is 13.1. The van der Waals surface area contributed by atoms with Crippen LogP contribution in [0.5, 0.6) is 0 Å². The fourth-order valence-electron chi connectivity index (χ4n) is 1.57. The second kappa shape index (κ2) is 5.15. The zero-order valence-corrected chi connectivity index (χ0v) is 9.55. The number of nitrogens with one attached hydrogen (secondary N) is 1. The third-order valence-corrected chi connectivity index (χ3v) is 2.53. The lowest BCUT2D eigenvalue weighted by molar-refractivity contribution is 0.391. The van der Waals surface area contributed by atoms with E-state index in [1.807, 2.05) is 13.8 Å². The van der Waals surface area contributed by atoms with Gasteiger partial charge in [-0.2, -0.15) is 0 Å². The van der Waals surface area contributed by atoms with Crippen molar-refractivity contribution < 1.29 is 4.52 Å². The SMILES string of the molecule is CCC[C@H](C)NCc1c(C)noc1C. The molecule has 14 heavy (non-hydrogen) atoms. The molecule has 3 nitrogen and oxygen atoms in total. The van der Waals surface area contributed by atoms with Gasteiger partial charge in [0.15, 0.2) is 0 Å². The molecule has 1 N–H and O–H groups in total. The second-order valence-electron chi connectivity index (χ2n) is 3.87. The van der Waals surface area contributed by atoms with Gasteiger partial charge in [0.2, 0.25) is 0 Å². The Labute approximate surface area is 85.9 Å². The van der Waals surface area contributed by atoms with E-state index in [0.29, 0.717) is 6.04 Å². The van der Waals surface area contributed by atoms with E-state index in [9.17, 15) is 0 Å². The van der Waals surface area contributed by atoms with Crippen LogP contribution in [0.4, 0.5) is 0 Å². The Morgan fingerprint density at radius 1 is 1.43 bits per heavy atom. The Hall–Kier alpha value is -0.830. The van der Waals surface area contributed by atoms with Crippen molar-refractivity contribution in [3.63, 3.8) is 0 Å². The molecule has 0 aliphatic carbocycles. The van der Waals surface area contributed by atoms with E-state index >= 15 is 0 Å². The lowest BCUT2D eigenvalue weighted by atomic mass is 10.1. The highest BCUT2D eigenvalue weighted by Crippen LogP contribution is 2.12. The third-order valence-electron chi connectivity index (χ3n) is 2.53. The summed E-state index contributed by atoms with van der Waals surface area (Å²) in [6, 6.07) is 0.564. The van der Waals surface area contributed by atoms with E-state index in [1.165, 1.54) is 18.4 Å². The first-order valence-corrected chi connectivity index (χ1v) is 5.30. The van der Waals surface area contributed by atoms with Gasteiger partial charge in [0.05, 0.1) is 5.69 Å². The molecule has 1 atom stereocenters. The van der Waals surface area contributed by atoms with Crippen molar-refractivity contribution in [2.24, 2.45) is 0 Å². The average Bonchev–Trinajstić information content (AvgIpc) is 2.44. The van der Waals surface area contributed by atoms with E-state index in [0.717, 1.165) is 18.0 Å². The fraction of sp³-hybridized carbons (Fsp3) is 0.727. The van der Waals surface area contributed by atoms with E-state index in [1.54, 1.807) is 0 Å². The van der Waals surface area contributed by atoms with Gasteiger partial charge in [-0.1, -0.05) is 18.5 Å². The molecule has 1 heterocycles. The summed E-state index contributed by atoms with van der Waals surface area (Å²) in [4.78, 5) is 0. The molecule has 0 unspecified atom stereocenters. The summed E-state index contributed by atoms with van der Waals surface area (Å²) >= 11 is 0. The number of aromatic nitrogens is 1. The van der Waals surface area contributed by atoms with Crippen molar-refractivity contribution in [2.75, 3.05) is 0 Å². The predicted octanol–water partition coefficient (Wildman–Crippen LogP) is 2.57. The molecule has 80 valence electrons. The third kappa shape index (κ3) is 2.84. The minimum absolute atomic E-state index is 0.564. The Balaban J connectivity index is 2.45. The fourth-order valence-corrected chi connectivity index (χ4v) is 1.57. The molecule has 0 bridgehead atoms. The van der Waals surface area contributed by atoms with Crippen LogP contribution in [0.25, 0.3) is 0 Å². The molecule has 1 aromatic rings. The highest BCUT2D eigenvalue weighted by molar-refractivity contribution is 5.20. The van der Waals surface area contributed by atoms with Crippen LogP contribution in [-0.2, 0) is 6.54 Å². The smallest absolute Gasteiger partial charge is 0.138 e. The average molecular weight is 196 g/mol. The maximum Gasteiger partial charge on any atom is 0.138 e. The minimum atomic E-state index is 0.564. The highest BCUT2D eigenvalue weighted by Gasteiger charge is 2.09. The Morgan fingerprint density at radius 2 is 2.14 bits per heavy atom. The Morgan fingerprint density at radius 3 is 2.64 bits per heavy atom. The van der Waals surface area contributed by atoms with Crippen molar-refractivity contribution >= 4 is 0 Å². The van der Waals surface area contributed by atoms with Crippen molar-refractivity contribution in [3.05, 3.63) is 17.0 Å². The van der Waals surface area contributed by atoms with E-state index in [-0.39, 0.29) is 0 Å². The predicted molar refractivity (Wildman–Crippen MR) is 57.2 cm³/mol. The van der Waals surface area contributed by atoms with Gasteiger partial charge in [-0.3, -0.25) is 0 Å². The van der Waals surface area contributed by atoms with Crippen molar-refractivity contribution in [1.29, 1.82) is 0 Å². The standard InChI is InChI=1S/C11H20N2O/c1-5-6-8(2)12-7-11-9(3)13-14-10(11)4/h8,12H,5-7H2,1-4H3/t8-/m0/s1. The first-order chi connectivity index (χ1) is 6.65. The quantitative estimate of drug-likeness (QED) is 0.786. The summed E-state index contributed by atoms with van der Waals surface area (Å²) in [5.74, 6) is 0.929. The molecule has 0 aliphatic heterocycles. The molecule has 0 aliphatic rings. The molecule has 0 saturated heterocycles. The zero-order valence-electron chi connectivity index (χ0n) is 9.55. The van der Waals surface area contributed by atoms with Gasteiger partial charge in [-0.25, -0.2) is 0 Å². The maximum atomic E-state index is 5.10. The van der Waals surface area contributed by atoms with E-state index < -0.39 is 0 Å². The number of rotatable bonds is 5. The molecular formula is C11H20N2O. The topological polar surface area (TPSA) is 38.1 Å². The first kappa shape index (κ1) is 11.2. The van der Waals surface area contributed by atoms with Gasteiger partial charge < -0.3 is 9.84 Å². The van der Waals surface area contributed by atoms with Crippen LogP contribution in [-0.4, -0.2) is 11.2 Å². The Bertz CT molecular complexity index is 261. The van der Waals surface area contributed by atoms with Gasteiger partial charge in [0.25, 0.3) is 0 Å². The number of nitrogens with zero attached hydrogens (tertiary/aromatic N) is 1. The summed E-state index contributed by atoms with van der Waals surface area (Å²) in [6.07, 6.45) is 2.43. The van der Waals surface area contributed by atoms with Crippen molar-refractivity contribution in [2.45, 2.75) is 53.1 Å². The summed E-state index contributed by atoms with van der Waals surface area (Å²) < 4.78 is 5.10. The largest absolute Gasteiger partial charge is 0.361 e. The van der Waals surface area contributed by atoms with Gasteiger partial charge in [-0.05, 0) is 27.2 Å². The molecule has 3 heteroatoms. The van der Waals surface area contributed by atoms with Gasteiger partial charge in [0.1, 0.15) is 5.76 Å². The van der Waals surface area contributed by atoms with Crippen LogP contribution < -0.4 is 5.32 Å². The maximum absolute atomic E-state index is 5.10. The van der Waals surface area contributed by atoms with Gasteiger partial charge in [-0.15, -0.1) is 0 Å². The highest BCUT2D eigenvalue weighted by atomic mass is 16.5. The molecule has 1 rings (SSSR count). The van der Waals surface area contributed by atoms with Gasteiger partial charge in [0, 0.05) is 18.2 Å². The first-order valence-electron chi connectivity index (χ1n) is 5.30. The number of hydrogen-bond donors (Lipinski definition) is 1. The van der Waals surface area contributed by atoms with Crippen molar-refractivity contribution in [1.82, 2.24) is 10.5 Å². The monoisotopic (exact) mass is 196 g/mol. The molecule has 0 fully saturated rings. The zero-order chi connectivity index (χ0) is 10.6. The van der Waals surface area contributed by atoms with Crippen LogP contribution in [0.3, 0.4) is 0 Å². The second-order valence-corrected chi connectivity index (χ2v) is 3.87. The Kier molecular flexibility index (Phi) is 4.14. The number of aryl methyl sites for hydroxylation is 2. The van der Waals surface area contributed by atoms with Crippen molar-refractivity contribution in [3.8, 4) is 0 Å². The van der Waals surface area contributed by atoms with Crippen LogP contribution in [0.2, 0.25) is 0 Å². The van der Waals surface area contributed by atoms with Crippen LogP contribution >= 0.6 is 0 Å². The molecule has 0 spiro atoms. The van der Waals surface area contributed by atoms with Crippen LogP contribution in [0, 0.1) is 13.8 Å². The molecule has 1 aromatic heterocycles. The molecule has 0 aromatic carbocycles. The van der Waals surface area contributed by atoms with E-state index in [2.05, 4.69) is 24.3 Å². The summed E-state index contributed by atoms with van der Waals surface area (Å²) in [5.41, 5.74) is 2.20. The van der Waals surface area contributed by atoms with Crippen LogP contribution in [0.15, 0.2) is 4.52 Å². The molecule has 0 amide bonds.